The third-order valence-corrected chi connectivity index (χ3v) is 2.77. The molecule has 0 aromatic heterocycles. The van der Waals surface area contributed by atoms with E-state index in [2.05, 4.69) is 10.6 Å². The molecule has 124 valence electrons. The van der Waals surface area contributed by atoms with Gasteiger partial charge in [-0.3, -0.25) is 9.59 Å². The molecule has 0 bridgehead atoms. The number of halogens is 4. The van der Waals surface area contributed by atoms with E-state index in [0.29, 0.717) is 18.1 Å². The zero-order valence-electron chi connectivity index (χ0n) is 11.5. The summed E-state index contributed by atoms with van der Waals surface area (Å²) in [5.74, 6) is -1.11. The molecule has 10 heteroatoms. The Morgan fingerprint density at radius 1 is 1.48 bits per heavy atom. The van der Waals surface area contributed by atoms with E-state index in [1.165, 1.54) is 7.11 Å². The Bertz CT molecular complexity index is 355. The Hall–Kier alpha value is -1.06. The quantitative estimate of drug-likeness (QED) is 0.640. The van der Waals surface area contributed by atoms with E-state index in [9.17, 15) is 22.8 Å². The van der Waals surface area contributed by atoms with Crippen LogP contribution in [-0.4, -0.2) is 68.8 Å². The predicted octanol–water partition coefficient (Wildman–Crippen LogP) is -0.0764. The van der Waals surface area contributed by atoms with Crippen LogP contribution in [0.25, 0.3) is 0 Å². The molecule has 2 N–H and O–H groups in total. The van der Waals surface area contributed by atoms with Crippen molar-refractivity contribution in [3.8, 4) is 0 Å². The molecule has 0 spiro atoms. The van der Waals surface area contributed by atoms with Gasteiger partial charge in [-0.05, 0) is 6.42 Å². The van der Waals surface area contributed by atoms with Crippen LogP contribution >= 0.6 is 12.4 Å². The molecule has 1 aliphatic rings. The van der Waals surface area contributed by atoms with Gasteiger partial charge in [0, 0.05) is 20.2 Å². The predicted molar refractivity (Wildman–Crippen MR) is 71.2 cm³/mol. The second kappa shape index (κ2) is 9.06. The van der Waals surface area contributed by atoms with E-state index >= 15 is 0 Å². The summed E-state index contributed by atoms with van der Waals surface area (Å²) in [5.41, 5.74) is 0. The number of methoxy groups -OCH3 is 1. The van der Waals surface area contributed by atoms with E-state index in [1.54, 1.807) is 0 Å². The van der Waals surface area contributed by atoms with Crippen LogP contribution in [0.3, 0.4) is 0 Å². The van der Waals surface area contributed by atoms with E-state index < -0.39 is 30.6 Å². The summed E-state index contributed by atoms with van der Waals surface area (Å²) < 4.78 is 41.4. The minimum Gasteiger partial charge on any atom is -0.383 e. The van der Waals surface area contributed by atoms with Gasteiger partial charge in [-0.15, -0.1) is 12.4 Å². The minimum atomic E-state index is -4.42. The van der Waals surface area contributed by atoms with Crippen molar-refractivity contribution in [2.24, 2.45) is 0 Å². The Kier molecular flexibility index (Phi) is 8.60. The van der Waals surface area contributed by atoms with Gasteiger partial charge < -0.3 is 20.3 Å². The maximum absolute atomic E-state index is 12.2. The lowest BCUT2D eigenvalue weighted by molar-refractivity contribution is -0.158. The highest BCUT2D eigenvalue weighted by molar-refractivity contribution is 5.89. The molecular formula is C11H19ClF3N3O3. The number of rotatable bonds is 7. The fourth-order valence-electron chi connectivity index (χ4n) is 1.87. The van der Waals surface area contributed by atoms with Crippen LogP contribution in [0, 0.1) is 0 Å². The first-order chi connectivity index (χ1) is 9.33. The van der Waals surface area contributed by atoms with Crippen molar-refractivity contribution < 1.29 is 27.5 Å². The van der Waals surface area contributed by atoms with Crippen molar-refractivity contribution in [3.05, 3.63) is 0 Å². The van der Waals surface area contributed by atoms with Crippen LogP contribution in [0.5, 0.6) is 0 Å². The van der Waals surface area contributed by atoms with Gasteiger partial charge in [0.05, 0.1) is 13.2 Å². The molecule has 1 aliphatic heterocycles. The molecule has 6 nitrogen and oxygen atoms in total. The molecule has 0 radical (unpaired) electrons. The highest BCUT2D eigenvalue weighted by atomic mass is 35.5. The van der Waals surface area contributed by atoms with Gasteiger partial charge in [0.15, 0.2) is 0 Å². The molecule has 1 rings (SSSR count). The zero-order valence-corrected chi connectivity index (χ0v) is 12.4. The largest absolute Gasteiger partial charge is 0.406 e. The van der Waals surface area contributed by atoms with Crippen LogP contribution in [0.2, 0.25) is 0 Å². The summed E-state index contributed by atoms with van der Waals surface area (Å²) in [6, 6.07) is -0.867. The number of carbonyl (C=O) groups excluding carboxylic acids is 2. The van der Waals surface area contributed by atoms with Gasteiger partial charge in [0.1, 0.15) is 12.6 Å². The summed E-state index contributed by atoms with van der Waals surface area (Å²) in [4.78, 5) is 23.9. The number of hydrogen-bond acceptors (Lipinski definition) is 4. The third-order valence-electron chi connectivity index (χ3n) is 2.77. The standard InChI is InChI=1S/C11H18F3N3O3.ClH/c1-20-5-3-15-6-9(18)16-8-2-4-17(10(8)19)7-11(12,13)14;/h8,15H,2-7H2,1H3,(H,16,18);1H. The van der Waals surface area contributed by atoms with Crippen molar-refractivity contribution in [1.29, 1.82) is 0 Å². The number of hydrogen-bond donors (Lipinski definition) is 2. The van der Waals surface area contributed by atoms with E-state index in [4.69, 9.17) is 4.74 Å². The van der Waals surface area contributed by atoms with Gasteiger partial charge in [-0.25, -0.2) is 0 Å². The topological polar surface area (TPSA) is 70.7 Å². The van der Waals surface area contributed by atoms with Crippen molar-refractivity contribution in [2.75, 3.05) is 39.9 Å². The average molecular weight is 334 g/mol. The molecule has 1 fully saturated rings. The molecule has 1 saturated heterocycles. The lowest BCUT2D eigenvalue weighted by Crippen LogP contribution is -2.46. The first-order valence-corrected chi connectivity index (χ1v) is 6.18. The van der Waals surface area contributed by atoms with Crippen LogP contribution in [0.1, 0.15) is 6.42 Å². The number of carbonyl (C=O) groups is 2. The third kappa shape index (κ3) is 7.49. The molecule has 0 aliphatic carbocycles. The number of nitrogens with zero attached hydrogens (tertiary/aromatic N) is 1. The Labute approximate surface area is 126 Å². The highest BCUT2D eigenvalue weighted by Gasteiger charge is 2.39. The van der Waals surface area contributed by atoms with Gasteiger partial charge in [0.2, 0.25) is 11.8 Å². The first-order valence-electron chi connectivity index (χ1n) is 6.18. The monoisotopic (exact) mass is 333 g/mol. The van der Waals surface area contributed by atoms with E-state index in [0.717, 1.165) is 0 Å². The Morgan fingerprint density at radius 3 is 2.71 bits per heavy atom. The number of amides is 2. The zero-order chi connectivity index (χ0) is 15.2. The molecular weight excluding hydrogens is 315 g/mol. The lowest BCUT2D eigenvalue weighted by Gasteiger charge is -2.18. The summed E-state index contributed by atoms with van der Waals surface area (Å²) in [5, 5.41) is 5.20. The molecule has 0 aromatic carbocycles. The van der Waals surface area contributed by atoms with Gasteiger partial charge >= 0.3 is 6.18 Å². The summed E-state index contributed by atoms with van der Waals surface area (Å²) in [7, 11) is 1.52. The maximum atomic E-state index is 12.2. The van der Waals surface area contributed by atoms with Gasteiger partial charge in [0.25, 0.3) is 0 Å². The van der Waals surface area contributed by atoms with Crippen LogP contribution < -0.4 is 10.6 Å². The van der Waals surface area contributed by atoms with Gasteiger partial charge in [-0.2, -0.15) is 13.2 Å². The highest BCUT2D eigenvalue weighted by Crippen LogP contribution is 2.20. The normalized spacial score (nSPS) is 18.6. The molecule has 1 unspecified atom stereocenters. The lowest BCUT2D eigenvalue weighted by atomic mass is 10.2. The van der Waals surface area contributed by atoms with Gasteiger partial charge in [-0.1, -0.05) is 0 Å². The minimum absolute atomic E-state index is 0. The number of ether oxygens (including phenoxy) is 1. The van der Waals surface area contributed by atoms with Crippen LogP contribution in [-0.2, 0) is 14.3 Å². The molecule has 0 saturated carbocycles. The number of alkyl halides is 3. The van der Waals surface area contributed by atoms with Crippen molar-refractivity contribution in [2.45, 2.75) is 18.6 Å². The summed E-state index contributed by atoms with van der Waals surface area (Å²) in [6.45, 7) is -0.366. The van der Waals surface area contributed by atoms with Crippen molar-refractivity contribution in [3.63, 3.8) is 0 Å². The van der Waals surface area contributed by atoms with Crippen molar-refractivity contribution >= 4 is 24.2 Å². The second-order valence-corrected chi connectivity index (χ2v) is 4.45. The fourth-order valence-corrected chi connectivity index (χ4v) is 1.87. The fraction of sp³-hybridized carbons (Fsp3) is 0.818. The average Bonchev–Trinajstić information content (AvgIpc) is 2.65. The Morgan fingerprint density at radius 2 is 2.14 bits per heavy atom. The summed E-state index contributed by atoms with van der Waals surface area (Å²) >= 11 is 0. The number of nitrogens with one attached hydrogen (secondary N) is 2. The molecule has 21 heavy (non-hydrogen) atoms. The smallest absolute Gasteiger partial charge is 0.383 e. The molecule has 0 aromatic rings. The molecule has 1 atom stereocenters. The first kappa shape index (κ1) is 19.9. The number of likely N-dealkylation sites (tertiary alicyclic amines) is 1. The Balaban J connectivity index is 0.00000400. The van der Waals surface area contributed by atoms with E-state index in [1.807, 2.05) is 0 Å². The maximum Gasteiger partial charge on any atom is 0.406 e. The van der Waals surface area contributed by atoms with E-state index in [-0.39, 0.29) is 31.9 Å². The molecule has 1 heterocycles. The van der Waals surface area contributed by atoms with Crippen LogP contribution in [0.15, 0.2) is 0 Å². The van der Waals surface area contributed by atoms with Crippen molar-refractivity contribution in [1.82, 2.24) is 15.5 Å². The SMILES string of the molecule is COCCNCC(=O)NC1CCN(CC(F)(F)F)C1=O.Cl. The second-order valence-electron chi connectivity index (χ2n) is 4.45. The van der Waals surface area contributed by atoms with Crippen LogP contribution in [0.4, 0.5) is 13.2 Å². The summed E-state index contributed by atoms with van der Waals surface area (Å²) in [6.07, 6.45) is -4.23. The molecule has 2 amide bonds.